The topological polar surface area (TPSA) is 70.2 Å². The van der Waals surface area contributed by atoms with Crippen LogP contribution < -0.4 is 0 Å². The Balaban J connectivity index is 1.84. The zero-order valence-corrected chi connectivity index (χ0v) is 17.2. The lowest BCUT2D eigenvalue weighted by atomic mass is 10.1. The van der Waals surface area contributed by atoms with Crippen molar-refractivity contribution < 1.29 is 13.2 Å². The molecule has 0 spiro atoms. The van der Waals surface area contributed by atoms with Crippen LogP contribution in [0.2, 0.25) is 10.0 Å². The number of halogens is 2. The largest absolute Gasteiger partial charge is 0.354 e. The number of nitrogens with one attached hydrogen (secondary N) is 1. The molecule has 3 aromatic rings. The lowest BCUT2D eigenvalue weighted by molar-refractivity contribution is 0.112. The van der Waals surface area contributed by atoms with E-state index in [4.69, 9.17) is 23.2 Å². The minimum atomic E-state index is -3.58. The summed E-state index contributed by atoms with van der Waals surface area (Å²) >= 11 is 12.1. The Morgan fingerprint density at radius 3 is 2.39 bits per heavy atom. The highest BCUT2D eigenvalue weighted by molar-refractivity contribution is 7.89. The second-order valence-corrected chi connectivity index (χ2v) is 9.58. The van der Waals surface area contributed by atoms with E-state index in [0.717, 1.165) is 25.5 Å². The lowest BCUT2D eigenvalue weighted by Gasteiger charge is -2.25. The van der Waals surface area contributed by atoms with Crippen molar-refractivity contribution in [1.82, 2.24) is 9.29 Å². The second-order valence-electron chi connectivity index (χ2n) is 6.83. The van der Waals surface area contributed by atoms with Gasteiger partial charge in [0.1, 0.15) is 0 Å². The summed E-state index contributed by atoms with van der Waals surface area (Å²) in [6, 6.07) is 9.94. The van der Waals surface area contributed by atoms with Gasteiger partial charge >= 0.3 is 0 Å². The summed E-state index contributed by atoms with van der Waals surface area (Å²) in [5.41, 5.74) is 2.36. The molecular weight excluding hydrogens is 419 g/mol. The number of carbonyl (C=O) groups is 1. The molecular formula is C20H18Cl2N2O3S. The van der Waals surface area contributed by atoms with Gasteiger partial charge in [0.25, 0.3) is 0 Å². The van der Waals surface area contributed by atoms with Gasteiger partial charge in [-0.15, -0.1) is 0 Å². The van der Waals surface area contributed by atoms with Crippen LogP contribution in [0.15, 0.2) is 41.3 Å². The Hall–Kier alpha value is -1.86. The summed E-state index contributed by atoms with van der Waals surface area (Å²) in [7, 11) is -3.58. The number of carbonyl (C=O) groups excluding carboxylic acids is 1. The first-order chi connectivity index (χ1) is 13.4. The normalized spacial score (nSPS) is 15.8. The van der Waals surface area contributed by atoms with Crippen molar-refractivity contribution in [3.8, 4) is 11.3 Å². The van der Waals surface area contributed by atoms with Crippen LogP contribution >= 0.6 is 23.2 Å². The molecule has 4 rings (SSSR count). The van der Waals surface area contributed by atoms with Gasteiger partial charge in [-0.3, -0.25) is 4.79 Å². The third kappa shape index (κ3) is 3.35. The third-order valence-corrected chi connectivity index (χ3v) is 7.72. The highest BCUT2D eigenvalue weighted by atomic mass is 35.5. The van der Waals surface area contributed by atoms with E-state index in [-0.39, 0.29) is 4.90 Å². The quantitative estimate of drug-likeness (QED) is 0.576. The molecule has 0 amide bonds. The van der Waals surface area contributed by atoms with Crippen LogP contribution in [0, 0.1) is 0 Å². The van der Waals surface area contributed by atoms with E-state index in [2.05, 4.69) is 4.98 Å². The van der Waals surface area contributed by atoms with Crippen LogP contribution in [0.5, 0.6) is 0 Å². The number of aromatic amines is 1. The van der Waals surface area contributed by atoms with Gasteiger partial charge in [-0.2, -0.15) is 4.31 Å². The number of hydrogen-bond donors (Lipinski definition) is 1. The molecule has 1 aromatic heterocycles. The van der Waals surface area contributed by atoms with E-state index in [0.29, 0.717) is 50.9 Å². The molecule has 5 nitrogen and oxygen atoms in total. The second kappa shape index (κ2) is 7.52. The average Bonchev–Trinajstić information content (AvgIpc) is 3.08. The highest BCUT2D eigenvalue weighted by Crippen LogP contribution is 2.34. The number of nitrogens with zero attached hydrogens (tertiary/aromatic N) is 1. The zero-order valence-electron chi connectivity index (χ0n) is 14.9. The van der Waals surface area contributed by atoms with E-state index in [1.165, 1.54) is 4.31 Å². The minimum absolute atomic E-state index is 0.199. The molecule has 0 radical (unpaired) electrons. The van der Waals surface area contributed by atoms with Crippen molar-refractivity contribution in [3.05, 3.63) is 52.0 Å². The first-order valence-corrected chi connectivity index (χ1v) is 11.2. The first kappa shape index (κ1) is 19.5. The van der Waals surface area contributed by atoms with Crippen molar-refractivity contribution in [3.63, 3.8) is 0 Å². The van der Waals surface area contributed by atoms with Crippen LogP contribution in [0.1, 0.15) is 29.6 Å². The molecule has 0 unspecified atom stereocenters. The van der Waals surface area contributed by atoms with Crippen molar-refractivity contribution in [2.24, 2.45) is 0 Å². The molecule has 2 heterocycles. The molecule has 1 N–H and O–H groups in total. The number of fused-ring (bicyclic) bond motifs is 1. The number of benzene rings is 2. The predicted octanol–water partition coefficient (Wildman–Crippen LogP) is 5.13. The van der Waals surface area contributed by atoms with Crippen molar-refractivity contribution in [1.29, 1.82) is 0 Å². The molecule has 28 heavy (non-hydrogen) atoms. The van der Waals surface area contributed by atoms with Crippen LogP contribution in [0.3, 0.4) is 0 Å². The Morgan fingerprint density at radius 1 is 0.964 bits per heavy atom. The van der Waals surface area contributed by atoms with E-state index < -0.39 is 10.0 Å². The number of rotatable bonds is 4. The van der Waals surface area contributed by atoms with Gasteiger partial charge in [0.05, 0.1) is 20.6 Å². The van der Waals surface area contributed by atoms with Gasteiger partial charge in [0, 0.05) is 35.1 Å². The predicted molar refractivity (Wildman–Crippen MR) is 112 cm³/mol. The maximum absolute atomic E-state index is 13.0. The average molecular weight is 437 g/mol. The van der Waals surface area contributed by atoms with Gasteiger partial charge in [-0.05, 0) is 43.2 Å². The summed E-state index contributed by atoms with van der Waals surface area (Å²) in [6.07, 6.45) is 3.51. The fourth-order valence-electron chi connectivity index (χ4n) is 3.61. The first-order valence-electron chi connectivity index (χ1n) is 8.98. The van der Waals surface area contributed by atoms with Crippen molar-refractivity contribution >= 4 is 50.4 Å². The summed E-state index contributed by atoms with van der Waals surface area (Å²) in [6.45, 7) is 1.06. The molecule has 0 saturated carbocycles. The highest BCUT2D eigenvalue weighted by Gasteiger charge is 2.27. The van der Waals surface area contributed by atoms with Crippen molar-refractivity contribution in [2.45, 2.75) is 24.2 Å². The van der Waals surface area contributed by atoms with Gasteiger partial charge < -0.3 is 4.98 Å². The van der Waals surface area contributed by atoms with Gasteiger partial charge in [0.2, 0.25) is 10.0 Å². The van der Waals surface area contributed by atoms with Gasteiger partial charge in [0.15, 0.2) is 6.29 Å². The summed E-state index contributed by atoms with van der Waals surface area (Å²) in [5.74, 6) is 0. The Bertz CT molecular complexity index is 1170. The van der Waals surface area contributed by atoms with Gasteiger partial charge in [-0.25, -0.2) is 8.42 Å². The summed E-state index contributed by atoms with van der Waals surface area (Å²) < 4.78 is 27.5. The van der Waals surface area contributed by atoms with Crippen LogP contribution in [-0.4, -0.2) is 37.1 Å². The fraction of sp³-hybridized carbons (Fsp3) is 0.250. The molecule has 1 fully saturated rings. The molecule has 8 heteroatoms. The molecule has 0 aliphatic carbocycles. The van der Waals surface area contributed by atoms with Gasteiger partial charge in [-0.1, -0.05) is 35.7 Å². The third-order valence-electron chi connectivity index (χ3n) is 5.09. The number of hydrogen-bond acceptors (Lipinski definition) is 3. The maximum Gasteiger partial charge on any atom is 0.243 e. The van der Waals surface area contributed by atoms with E-state index in [9.17, 15) is 13.2 Å². The van der Waals surface area contributed by atoms with E-state index in [1.807, 2.05) is 0 Å². The molecule has 1 aliphatic heterocycles. The number of aromatic nitrogens is 1. The SMILES string of the molecule is O=Cc1c(-c2ccc(Cl)c(Cl)c2)[nH]c2ccc(S(=O)(=O)N3CCCCC3)cc12. The molecule has 2 aromatic carbocycles. The molecule has 0 bridgehead atoms. The molecule has 1 aliphatic rings. The Labute approximate surface area is 173 Å². The van der Waals surface area contributed by atoms with Crippen LogP contribution in [-0.2, 0) is 10.0 Å². The van der Waals surface area contributed by atoms with E-state index in [1.54, 1.807) is 36.4 Å². The molecule has 146 valence electrons. The number of H-pyrrole nitrogens is 1. The summed E-state index contributed by atoms with van der Waals surface area (Å²) in [5, 5.41) is 1.36. The number of piperidine rings is 1. The standard InChI is InChI=1S/C20H18Cl2N2O3S/c21-17-6-4-13(10-18(17)22)20-16(12-25)15-11-14(5-7-19(15)23-20)28(26,27)24-8-2-1-3-9-24/h4-7,10-12,23H,1-3,8-9H2. The summed E-state index contributed by atoms with van der Waals surface area (Å²) in [4.78, 5) is 15.2. The minimum Gasteiger partial charge on any atom is -0.354 e. The zero-order chi connectivity index (χ0) is 19.9. The maximum atomic E-state index is 13.0. The smallest absolute Gasteiger partial charge is 0.243 e. The Morgan fingerprint density at radius 2 is 1.71 bits per heavy atom. The van der Waals surface area contributed by atoms with E-state index >= 15 is 0 Å². The molecule has 1 saturated heterocycles. The molecule has 0 atom stereocenters. The fourth-order valence-corrected chi connectivity index (χ4v) is 5.45. The number of aldehydes is 1. The lowest BCUT2D eigenvalue weighted by Crippen LogP contribution is -2.35. The van der Waals surface area contributed by atoms with Crippen LogP contribution in [0.25, 0.3) is 22.2 Å². The van der Waals surface area contributed by atoms with Crippen molar-refractivity contribution in [2.75, 3.05) is 13.1 Å². The number of sulfonamides is 1. The monoisotopic (exact) mass is 436 g/mol. The van der Waals surface area contributed by atoms with Crippen LogP contribution in [0.4, 0.5) is 0 Å². The Kier molecular flexibility index (Phi) is 5.22.